The van der Waals surface area contributed by atoms with Gasteiger partial charge in [0.1, 0.15) is 11.9 Å². The summed E-state index contributed by atoms with van der Waals surface area (Å²) < 4.78 is 6.25. The topological polar surface area (TPSA) is 34.2 Å². The number of hydrogen-bond donors (Lipinski definition) is 1. The van der Waals surface area contributed by atoms with Gasteiger partial charge in [0.15, 0.2) is 0 Å². The van der Waals surface area contributed by atoms with Crippen LogP contribution in [0, 0.1) is 13.8 Å². The van der Waals surface area contributed by atoms with E-state index < -0.39 is 0 Å². The van der Waals surface area contributed by atoms with Crippen LogP contribution in [0.1, 0.15) is 47.7 Å². The fourth-order valence-corrected chi connectivity index (χ4v) is 3.03. The highest BCUT2D eigenvalue weighted by Crippen LogP contribution is 2.41. The van der Waals surface area contributed by atoms with Gasteiger partial charge in [-0.2, -0.15) is 0 Å². The van der Waals surface area contributed by atoms with Gasteiger partial charge in [-0.05, 0) is 38.1 Å². The minimum absolute atomic E-state index is 0.0676. The molecule has 3 nitrogen and oxygen atoms in total. The second-order valence-corrected chi connectivity index (χ2v) is 5.73. The molecule has 3 heteroatoms. The first kappa shape index (κ1) is 14.1. The van der Waals surface area contributed by atoms with Gasteiger partial charge in [0.05, 0.1) is 0 Å². The van der Waals surface area contributed by atoms with Crippen LogP contribution in [-0.4, -0.2) is 11.5 Å². The van der Waals surface area contributed by atoms with Gasteiger partial charge in [-0.1, -0.05) is 24.6 Å². The largest absolute Gasteiger partial charge is 0.485 e. The first-order valence-electron chi connectivity index (χ1n) is 7.60. The number of ether oxygens (including phenoxy) is 1. The Labute approximate surface area is 126 Å². The van der Waals surface area contributed by atoms with Crippen molar-refractivity contribution in [1.29, 1.82) is 0 Å². The van der Waals surface area contributed by atoms with E-state index in [-0.39, 0.29) is 6.10 Å². The van der Waals surface area contributed by atoms with Crippen molar-refractivity contribution in [3.05, 3.63) is 58.9 Å². The summed E-state index contributed by atoms with van der Waals surface area (Å²) in [6.07, 6.45) is 4.78. The smallest absolute Gasteiger partial charge is 0.127 e. The number of fused-ring (bicyclic) bond motifs is 1. The van der Waals surface area contributed by atoms with Crippen LogP contribution in [0.4, 0.5) is 0 Å². The van der Waals surface area contributed by atoms with Crippen LogP contribution in [-0.2, 0) is 0 Å². The number of rotatable bonds is 3. The molecule has 0 amide bonds. The molecule has 21 heavy (non-hydrogen) atoms. The Hall–Kier alpha value is -1.87. The number of benzene rings is 1. The monoisotopic (exact) mass is 282 g/mol. The summed E-state index contributed by atoms with van der Waals surface area (Å²) >= 11 is 0. The first-order chi connectivity index (χ1) is 10.2. The van der Waals surface area contributed by atoms with E-state index in [1.807, 2.05) is 18.5 Å². The Bertz CT molecular complexity index is 639. The average molecular weight is 282 g/mol. The minimum Gasteiger partial charge on any atom is -0.485 e. The van der Waals surface area contributed by atoms with Crippen LogP contribution < -0.4 is 10.1 Å². The van der Waals surface area contributed by atoms with E-state index >= 15 is 0 Å². The van der Waals surface area contributed by atoms with Crippen molar-refractivity contribution in [3.63, 3.8) is 0 Å². The highest BCUT2D eigenvalue weighted by Gasteiger charge is 2.29. The Morgan fingerprint density at radius 1 is 1.24 bits per heavy atom. The van der Waals surface area contributed by atoms with Gasteiger partial charge in [0.2, 0.25) is 0 Å². The lowest BCUT2D eigenvalue weighted by atomic mass is 9.91. The summed E-state index contributed by atoms with van der Waals surface area (Å²) in [5, 5.41) is 3.59. The molecule has 1 aliphatic rings. The quantitative estimate of drug-likeness (QED) is 0.928. The lowest BCUT2D eigenvalue weighted by molar-refractivity contribution is 0.151. The SMILES string of the molecule is CCNC1CC(c2cnccc2C)Oc2ccc(C)cc21. The third kappa shape index (κ3) is 2.79. The van der Waals surface area contributed by atoms with Crippen LogP contribution in [0.25, 0.3) is 0 Å². The van der Waals surface area contributed by atoms with Crippen molar-refractivity contribution in [3.8, 4) is 5.75 Å². The molecular formula is C18H22N2O. The lowest BCUT2D eigenvalue weighted by Gasteiger charge is -2.33. The molecule has 0 aliphatic carbocycles. The number of aromatic nitrogens is 1. The Kier molecular flexibility index (Phi) is 3.93. The van der Waals surface area contributed by atoms with Gasteiger partial charge >= 0.3 is 0 Å². The number of aryl methyl sites for hydroxylation is 2. The number of nitrogens with one attached hydrogen (secondary N) is 1. The normalized spacial score (nSPS) is 20.7. The van der Waals surface area contributed by atoms with Crippen molar-refractivity contribution in [1.82, 2.24) is 10.3 Å². The molecule has 0 radical (unpaired) electrons. The van der Waals surface area contributed by atoms with Gasteiger partial charge in [0, 0.05) is 36.0 Å². The first-order valence-corrected chi connectivity index (χ1v) is 7.60. The van der Waals surface area contributed by atoms with Gasteiger partial charge in [-0.25, -0.2) is 0 Å². The number of nitrogens with zero attached hydrogens (tertiary/aromatic N) is 1. The van der Waals surface area contributed by atoms with Gasteiger partial charge in [-0.3, -0.25) is 4.98 Å². The number of pyridine rings is 1. The molecule has 1 aromatic heterocycles. The van der Waals surface area contributed by atoms with Crippen LogP contribution in [0.15, 0.2) is 36.7 Å². The molecule has 3 rings (SSSR count). The molecule has 1 aromatic carbocycles. The van der Waals surface area contributed by atoms with Crippen molar-refractivity contribution in [2.75, 3.05) is 6.54 Å². The lowest BCUT2D eigenvalue weighted by Crippen LogP contribution is -2.29. The second-order valence-electron chi connectivity index (χ2n) is 5.73. The van der Waals surface area contributed by atoms with Gasteiger partial charge < -0.3 is 10.1 Å². The predicted octanol–water partition coefficient (Wildman–Crippen LogP) is 3.87. The minimum atomic E-state index is 0.0676. The summed E-state index contributed by atoms with van der Waals surface area (Å²) in [4.78, 5) is 4.26. The zero-order valence-corrected chi connectivity index (χ0v) is 12.9. The molecule has 0 bridgehead atoms. The van der Waals surface area contributed by atoms with Crippen LogP contribution in [0.5, 0.6) is 5.75 Å². The molecule has 1 aliphatic heterocycles. The molecule has 0 saturated carbocycles. The molecule has 2 unspecified atom stereocenters. The second kappa shape index (κ2) is 5.86. The van der Waals surface area contributed by atoms with E-state index in [1.165, 1.54) is 22.3 Å². The Morgan fingerprint density at radius 2 is 2.10 bits per heavy atom. The highest BCUT2D eigenvalue weighted by molar-refractivity contribution is 5.42. The molecule has 2 aromatic rings. The fourth-order valence-electron chi connectivity index (χ4n) is 3.03. The van der Waals surface area contributed by atoms with Crippen molar-refractivity contribution < 1.29 is 4.74 Å². The summed E-state index contributed by atoms with van der Waals surface area (Å²) in [5.41, 5.74) is 4.97. The molecular weight excluding hydrogens is 260 g/mol. The van der Waals surface area contributed by atoms with E-state index in [0.717, 1.165) is 18.7 Å². The van der Waals surface area contributed by atoms with E-state index in [2.05, 4.69) is 49.3 Å². The van der Waals surface area contributed by atoms with Crippen molar-refractivity contribution >= 4 is 0 Å². The molecule has 0 saturated heterocycles. The summed E-state index contributed by atoms with van der Waals surface area (Å²) in [6.45, 7) is 7.35. The molecule has 110 valence electrons. The van der Waals surface area contributed by atoms with Crippen LogP contribution in [0.2, 0.25) is 0 Å². The summed E-state index contributed by atoms with van der Waals surface area (Å²) in [7, 11) is 0. The van der Waals surface area contributed by atoms with E-state index in [9.17, 15) is 0 Å². The predicted molar refractivity (Wildman–Crippen MR) is 84.6 cm³/mol. The van der Waals surface area contributed by atoms with Gasteiger partial charge in [-0.15, -0.1) is 0 Å². The molecule has 0 spiro atoms. The Balaban J connectivity index is 1.98. The van der Waals surface area contributed by atoms with Crippen LogP contribution in [0.3, 0.4) is 0 Å². The standard InChI is InChI=1S/C18H22N2O/c1-4-20-16-10-18(15-11-19-8-7-13(15)3)21-17-6-5-12(2)9-14(16)17/h5-9,11,16,18,20H,4,10H2,1-3H3. The third-order valence-electron chi connectivity index (χ3n) is 4.14. The van der Waals surface area contributed by atoms with Crippen molar-refractivity contribution in [2.24, 2.45) is 0 Å². The van der Waals surface area contributed by atoms with E-state index in [0.29, 0.717) is 6.04 Å². The molecule has 2 atom stereocenters. The zero-order chi connectivity index (χ0) is 14.8. The van der Waals surface area contributed by atoms with Gasteiger partial charge in [0.25, 0.3) is 0 Å². The third-order valence-corrected chi connectivity index (χ3v) is 4.14. The van der Waals surface area contributed by atoms with E-state index in [4.69, 9.17) is 4.74 Å². The summed E-state index contributed by atoms with van der Waals surface area (Å²) in [5.74, 6) is 0.992. The number of hydrogen-bond acceptors (Lipinski definition) is 3. The fraction of sp³-hybridized carbons (Fsp3) is 0.389. The average Bonchev–Trinajstić information content (AvgIpc) is 2.48. The van der Waals surface area contributed by atoms with Crippen molar-refractivity contribution in [2.45, 2.75) is 39.3 Å². The Morgan fingerprint density at radius 3 is 2.86 bits per heavy atom. The molecule has 0 fully saturated rings. The maximum atomic E-state index is 6.25. The molecule has 2 heterocycles. The zero-order valence-electron chi connectivity index (χ0n) is 12.9. The van der Waals surface area contributed by atoms with E-state index in [1.54, 1.807) is 0 Å². The molecule has 1 N–H and O–H groups in total. The maximum Gasteiger partial charge on any atom is 0.127 e. The maximum absolute atomic E-state index is 6.25. The summed E-state index contributed by atoms with van der Waals surface area (Å²) in [6, 6.07) is 8.82. The highest BCUT2D eigenvalue weighted by atomic mass is 16.5. The van der Waals surface area contributed by atoms with Crippen LogP contribution >= 0.6 is 0 Å².